The maximum atomic E-state index is 13.7. The van der Waals surface area contributed by atoms with Gasteiger partial charge in [-0.3, -0.25) is 0 Å². The lowest BCUT2D eigenvalue weighted by Gasteiger charge is -2.07. The average Bonchev–Trinajstić information content (AvgIpc) is 2.92. The molecule has 0 atom stereocenters. The van der Waals surface area contributed by atoms with Crippen molar-refractivity contribution < 1.29 is 14.2 Å². The number of benzene rings is 1. The molecule has 0 amide bonds. The Bertz CT molecular complexity index is 555. The van der Waals surface area contributed by atoms with Gasteiger partial charge in [0.15, 0.2) is 0 Å². The molecule has 20 heavy (non-hydrogen) atoms. The summed E-state index contributed by atoms with van der Waals surface area (Å²) < 4.78 is 20.6. The lowest BCUT2D eigenvalue weighted by atomic mass is 10.1. The largest absolute Gasteiger partial charge is 0.497 e. The van der Waals surface area contributed by atoms with Gasteiger partial charge in [-0.05, 0) is 30.9 Å². The quantitative estimate of drug-likeness (QED) is 0.792. The third kappa shape index (κ3) is 3.57. The Labute approximate surface area is 117 Å². The summed E-state index contributed by atoms with van der Waals surface area (Å²) in [5, 5.41) is 9.08. The molecule has 0 saturated heterocycles. The van der Waals surface area contributed by atoms with Crippen LogP contribution in [0.1, 0.15) is 24.2 Å². The first kappa shape index (κ1) is 14.5. The number of aliphatic hydroxyl groups excluding tert-OH is 1. The number of unbranched alkanes of at least 4 members (excludes halogenated alkanes) is 1. The molecule has 2 aromatic rings. The molecule has 0 aliphatic heterocycles. The summed E-state index contributed by atoms with van der Waals surface area (Å²) in [5.41, 5.74) is 0.707. The summed E-state index contributed by atoms with van der Waals surface area (Å²) in [7, 11) is 1.53. The van der Waals surface area contributed by atoms with E-state index in [4.69, 9.17) is 9.84 Å². The van der Waals surface area contributed by atoms with Crippen molar-refractivity contribution in [2.24, 2.45) is 0 Å². The van der Waals surface area contributed by atoms with Gasteiger partial charge in [0, 0.05) is 25.0 Å². The third-order valence-corrected chi connectivity index (χ3v) is 3.30. The number of aliphatic hydroxyl groups is 1. The van der Waals surface area contributed by atoms with E-state index in [9.17, 15) is 4.39 Å². The first-order valence-corrected chi connectivity index (χ1v) is 6.68. The van der Waals surface area contributed by atoms with E-state index in [0.29, 0.717) is 23.6 Å². The van der Waals surface area contributed by atoms with Crippen LogP contribution in [0.2, 0.25) is 0 Å². The minimum absolute atomic E-state index is 0.0554. The molecule has 1 N–H and O–H groups in total. The van der Waals surface area contributed by atoms with Crippen molar-refractivity contribution in [3.05, 3.63) is 47.8 Å². The summed E-state index contributed by atoms with van der Waals surface area (Å²) >= 11 is 0. The van der Waals surface area contributed by atoms with Crippen LogP contribution in [0.3, 0.4) is 0 Å². The van der Waals surface area contributed by atoms with Crippen LogP contribution >= 0.6 is 0 Å². The Morgan fingerprint density at radius 2 is 2.20 bits per heavy atom. The van der Waals surface area contributed by atoms with Gasteiger partial charge >= 0.3 is 0 Å². The number of nitrogens with zero attached hydrogens (tertiary/aromatic N) is 2. The molecule has 0 fully saturated rings. The van der Waals surface area contributed by atoms with Crippen molar-refractivity contribution >= 4 is 0 Å². The van der Waals surface area contributed by atoms with Gasteiger partial charge in [0.25, 0.3) is 0 Å². The van der Waals surface area contributed by atoms with Gasteiger partial charge in [0.05, 0.1) is 7.11 Å². The van der Waals surface area contributed by atoms with E-state index in [1.807, 2.05) is 10.8 Å². The summed E-state index contributed by atoms with van der Waals surface area (Å²) in [6.07, 6.45) is 6.01. The number of aromatic nitrogens is 2. The van der Waals surface area contributed by atoms with Gasteiger partial charge < -0.3 is 14.4 Å². The van der Waals surface area contributed by atoms with Gasteiger partial charge in [0.1, 0.15) is 24.0 Å². The van der Waals surface area contributed by atoms with Crippen molar-refractivity contribution in [2.75, 3.05) is 7.11 Å². The van der Waals surface area contributed by atoms with Crippen molar-refractivity contribution in [3.63, 3.8) is 0 Å². The Balaban J connectivity index is 1.81. The van der Waals surface area contributed by atoms with E-state index in [2.05, 4.69) is 4.98 Å². The van der Waals surface area contributed by atoms with E-state index in [-0.39, 0.29) is 12.4 Å². The van der Waals surface area contributed by atoms with Crippen LogP contribution in [0, 0.1) is 5.82 Å². The van der Waals surface area contributed by atoms with Crippen LogP contribution in [-0.2, 0) is 19.6 Å². The fourth-order valence-electron chi connectivity index (χ4n) is 2.15. The van der Waals surface area contributed by atoms with Crippen LogP contribution in [0.4, 0.5) is 4.39 Å². The maximum absolute atomic E-state index is 13.7. The molecule has 1 aromatic carbocycles. The molecule has 108 valence electrons. The van der Waals surface area contributed by atoms with Crippen LogP contribution < -0.4 is 4.74 Å². The zero-order valence-electron chi connectivity index (χ0n) is 11.6. The number of hydrogen-bond donors (Lipinski definition) is 1. The van der Waals surface area contributed by atoms with Gasteiger partial charge in [-0.2, -0.15) is 0 Å². The number of hydrogen-bond acceptors (Lipinski definition) is 3. The molecule has 0 aliphatic rings. The number of aryl methyl sites for hydroxylation is 2. The average molecular weight is 278 g/mol. The molecule has 4 nitrogen and oxygen atoms in total. The normalized spacial score (nSPS) is 10.8. The predicted molar refractivity (Wildman–Crippen MR) is 74.0 cm³/mol. The lowest BCUT2D eigenvalue weighted by molar-refractivity contribution is 0.264. The van der Waals surface area contributed by atoms with Gasteiger partial charge in [-0.15, -0.1) is 0 Å². The van der Waals surface area contributed by atoms with E-state index in [1.165, 1.54) is 13.2 Å². The predicted octanol–water partition coefficient (Wildman–Crippen LogP) is 2.55. The molecule has 0 bridgehead atoms. The van der Waals surface area contributed by atoms with Crippen molar-refractivity contribution in [1.82, 2.24) is 9.55 Å². The fraction of sp³-hybridized carbons (Fsp3) is 0.400. The molecule has 2 rings (SSSR count). The summed E-state index contributed by atoms with van der Waals surface area (Å²) in [4.78, 5) is 4.04. The highest BCUT2D eigenvalue weighted by molar-refractivity contribution is 5.28. The third-order valence-electron chi connectivity index (χ3n) is 3.30. The summed E-state index contributed by atoms with van der Waals surface area (Å²) in [5.74, 6) is 0.987. The first-order valence-electron chi connectivity index (χ1n) is 6.68. The molecule has 0 radical (unpaired) electrons. The van der Waals surface area contributed by atoms with Crippen LogP contribution in [0.25, 0.3) is 0 Å². The Kier molecular flexibility index (Phi) is 5.12. The van der Waals surface area contributed by atoms with E-state index >= 15 is 0 Å². The second kappa shape index (κ2) is 7.05. The van der Waals surface area contributed by atoms with Crippen LogP contribution in [-0.4, -0.2) is 21.8 Å². The number of imidazole rings is 1. The molecule has 1 aromatic heterocycles. The smallest absolute Gasteiger partial charge is 0.134 e. The molecular weight excluding hydrogens is 259 g/mol. The summed E-state index contributed by atoms with van der Waals surface area (Å²) in [6.45, 7) is 0.730. The zero-order valence-corrected chi connectivity index (χ0v) is 11.6. The van der Waals surface area contributed by atoms with Crippen molar-refractivity contribution in [1.29, 1.82) is 0 Å². The standard InChI is InChI=1S/C15H19FN2O2/c1-20-13-6-5-12(14(16)10-13)4-2-3-8-18-9-7-17-15(18)11-19/h5-7,9-10,19H,2-4,8,11H2,1H3. The second-order valence-electron chi connectivity index (χ2n) is 4.61. The number of rotatable bonds is 7. The van der Waals surface area contributed by atoms with Crippen molar-refractivity contribution in [2.45, 2.75) is 32.4 Å². The van der Waals surface area contributed by atoms with Gasteiger partial charge in [-0.25, -0.2) is 9.37 Å². The Morgan fingerprint density at radius 1 is 1.35 bits per heavy atom. The molecule has 5 heteroatoms. The lowest BCUT2D eigenvalue weighted by Crippen LogP contribution is -2.03. The minimum Gasteiger partial charge on any atom is -0.497 e. The van der Waals surface area contributed by atoms with E-state index < -0.39 is 0 Å². The van der Waals surface area contributed by atoms with Crippen LogP contribution in [0.5, 0.6) is 5.75 Å². The van der Waals surface area contributed by atoms with Crippen LogP contribution in [0.15, 0.2) is 30.6 Å². The molecule has 0 spiro atoms. The molecule has 1 heterocycles. The maximum Gasteiger partial charge on any atom is 0.134 e. The number of ether oxygens (including phenoxy) is 1. The Hall–Kier alpha value is -1.88. The van der Waals surface area contributed by atoms with Gasteiger partial charge in [-0.1, -0.05) is 6.07 Å². The van der Waals surface area contributed by atoms with Gasteiger partial charge in [0.2, 0.25) is 0 Å². The fourth-order valence-corrected chi connectivity index (χ4v) is 2.15. The highest BCUT2D eigenvalue weighted by atomic mass is 19.1. The SMILES string of the molecule is COc1ccc(CCCCn2ccnc2CO)c(F)c1. The van der Waals surface area contributed by atoms with Crippen molar-refractivity contribution in [3.8, 4) is 5.75 Å². The Morgan fingerprint density at radius 3 is 2.90 bits per heavy atom. The zero-order chi connectivity index (χ0) is 14.4. The minimum atomic E-state index is -0.219. The highest BCUT2D eigenvalue weighted by Gasteiger charge is 2.05. The molecule has 0 unspecified atom stereocenters. The molecule has 0 saturated carbocycles. The number of halogens is 1. The first-order chi connectivity index (χ1) is 9.74. The monoisotopic (exact) mass is 278 g/mol. The van der Waals surface area contributed by atoms with E-state index in [0.717, 1.165) is 19.4 Å². The topological polar surface area (TPSA) is 47.3 Å². The number of methoxy groups -OCH3 is 1. The second-order valence-corrected chi connectivity index (χ2v) is 4.61. The molecule has 0 aliphatic carbocycles. The highest BCUT2D eigenvalue weighted by Crippen LogP contribution is 2.18. The molecular formula is C15H19FN2O2. The summed E-state index contributed by atoms with van der Waals surface area (Å²) in [6, 6.07) is 4.96. The van der Waals surface area contributed by atoms with E-state index in [1.54, 1.807) is 18.3 Å².